The van der Waals surface area contributed by atoms with E-state index in [1.165, 1.54) is 32.4 Å². The molecule has 1 fully saturated rings. The zero-order chi connectivity index (χ0) is 15.6. The molecule has 1 saturated heterocycles. The molecule has 1 aliphatic rings. The summed E-state index contributed by atoms with van der Waals surface area (Å²) >= 11 is 7.71. The number of hydrogen-bond donors (Lipinski definition) is 1. The van der Waals surface area contributed by atoms with E-state index >= 15 is 0 Å². The number of likely N-dealkylation sites (tertiary alicyclic amines) is 1. The van der Waals surface area contributed by atoms with Gasteiger partial charge < -0.3 is 10.2 Å². The first-order valence-electron chi connectivity index (χ1n) is 8.06. The number of benzene rings is 1. The van der Waals surface area contributed by atoms with Crippen LogP contribution < -0.4 is 5.32 Å². The zero-order valence-corrected chi connectivity index (χ0v) is 14.6. The van der Waals surface area contributed by atoms with Crippen LogP contribution in [0.15, 0.2) is 24.3 Å². The summed E-state index contributed by atoms with van der Waals surface area (Å²) in [6.07, 6.45) is 5.06. The fourth-order valence-electron chi connectivity index (χ4n) is 2.63. The van der Waals surface area contributed by atoms with Gasteiger partial charge in [0.15, 0.2) is 0 Å². The first kappa shape index (κ1) is 17.6. The van der Waals surface area contributed by atoms with Crippen LogP contribution in [0.25, 0.3) is 0 Å². The van der Waals surface area contributed by atoms with Crippen LogP contribution in [0.4, 0.5) is 0 Å². The highest BCUT2D eigenvalue weighted by Gasteiger charge is 2.09. The third-order valence-electron chi connectivity index (χ3n) is 3.87. The molecule has 1 heterocycles. The lowest BCUT2D eigenvalue weighted by atomic mass is 10.1. The molecule has 1 N–H and O–H groups in total. The molecule has 0 atom stereocenters. The van der Waals surface area contributed by atoms with Crippen LogP contribution >= 0.6 is 23.4 Å². The second kappa shape index (κ2) is 10.1. The Hall–Kier alpha value is -0.710. The lowest BCUT2D eigenvalue weighted by Gasteiger charge is -2.26. The maximum Gasteiger partial charge on any atom is 0.230 e. The Labute approximate surface area is 142 Å². The topological polar surface area (TPSA) is 32.3 Å². The molecule has 3 nitrogen and oxygen atoms in total. The van der Waals surface area contributed by atoms with Gasteiger partial charge in [-0.05, 0) is 50.5 Å². The van der Waals surface area contributed by atoms with Crippen LogP contribution in [0.5, 0.6) is 0 Å². The van der Waals surface area contributed by atoms with Crippen molar-refractivity contribution in [2.45, 2.75) is 31.4 Å². The number of nitrogens with zero attached hydrogens (tertiary/aromatic N) is 1. The summed E-state index contributed by atoms with van der Waals surface area (Å²) in [5.41, 5.74) is 1.09. The van der Waals surface area contributed by atoms with E-state index in [0.717, 1.165) is 35.8 Å². The summed E-state index contributed by atoms with van der Waals surface area (Å²) < 4.78 is 0. The van der Waals surface area contributed by atoms with Crippen molar-refractivity contribution in [2.24, 2.45) is 0 Å². The molecule has 1 aromatic carbocycles. The molecule has 0 bridgehead atoms. The van der Waals surface area contributed by atoms with E-state index in [4.69, 9.17) is 11.6 Å². The Morgan fingerprint density at radius 2 is 2.00 bits per heavy atom. The summed E-state index contributed by atoms with van der Waals surface area (Å²) in [6, 6.07) is 7.79. The minimum absolute atomic E-state index is 0.121. The van der Waals surface area contributed by atoms with E-state index < -0.39 is 0 Å². The van der Waals surface area contributed by atoms with E-state index in [1.54, 1.807) is 11.8 Å². The van der Waals surface area contributed by atoms with Crippen LogP contribution in [0.2, 0.25) is 5.02 Å². The molecule has 0 spiro atoms. The Bertz CT molecular complexity index is 464. The smallest absolute Gasteiger partial charge is 0.230 e. The van der Waals surface area contributed by atoms with Gasteiger partial charge in [0.2, 0.25) is 5.91 Å². The van der Waals surface area contributed by atoms with E-state index in [9.17, 15) is 4.79 Å². The molecule has 22 heavy (non-hydrogen) atoms. The van der Waals surface area contributed by atoms with Crippen molar-refractivity contribution in [1.82, 2.24) is 10.2 Å². The SMILES string of the molecule is O=C(CSCc1ccccc1Cl)NCCCN1CCCCC1. The highest BCUT2D eigenvalue weighted by molar-refractivity contribution is 7.99. The Morgan fingerprint density at radius 1 is 1.23 bits per heavy atom. The number of halogens is 1. The average molecular weight is 341 g/mol. The summed E-state index contributed by atoms with van der Waals surface area (Å²) in [7, 11) is 0. The minimum Gasteiger partial charge on any atom is -0.355 e. The molecule has 0 saturated carbocycles. The second-order valence-electron chi connectivity index (χ2n) is 5.69. The number of carbonyl (C=O) groups is 1. The fraction of sp³-hybridized carbons (Fsp3) is 0.588. The van der Waals surface area contributed by atoms with Crippen molar-refractivity contribution in [3.05, 3.63) is 34.9 Å². The monoisotopic (exact) mass is 340 g/mol. The van der Waals surface area contributed by atoms with E-state index in [0.29, 0.717) is 5.75 Å². The number of amides is 1. The standard InChI is InChI=1S/C17H25ClN2OS/c18-16-8-3-2-7-15(16)13-22-14-17(21)19-9-6-12-20-10-4-1-5-11-20/h2-3,7-8H,1,4-6,9-14H2,(H,19,21). The summed E-state index contributed by atoms with van der Waals surface area (Å²) in [6.45, 7) is 4.33. The molecule has 0 aliphatic carbocycles. The molecule has 1 aliphatic heterocycles. The Kier molecular flexibility index (Phi) is 8.13. The van der Waals surface area contributed by atoms with Gasteiger partial charge in [-0.2, -0.15) is 0 Å². The molecule has 0 aromatic heterocycles. The molecule has 1 amide bonds. The molecular weight excluding hydrogens is 316 g/mol. The number of thioether (sulfide) groups is 1. The highest BCUT2D eigenvalue weighted by atomic mass is 35.5. The van der Waals surface area contributed by atoms with Gasteiger partial charge in [-0.15, -0.1) is 11.8 Å². The van der Waals surface area contributed by atoms with Gasteiger partial charge in [-0.3, -0.25) is 4.79 Å². The maximum atomic E-state index is 11.8. The molecule has 2 rings (SSSR count). The molecule has 1 aromatic rings. The maximum absolute atomic E-state index is 11.8. The second-order valence-corrected chi connectivity index (χ2v) is 7.08. The van der Waals surface area contributed by atoms with Gasteiger partial charge in [0.05, 0.1) is 5.75 Å². The van der Waals surface area contributed by atoms with Crippen molar-refractivity contribution in [2.75, 3.05) is 31.9 Å². The average Bonchev–Trinajstić information content (AvgIpc) is 2.54. The molecular formula is C17H25ClN2OS. The van der Waals surface area contributed by atoms with Crippen molar-refractivity contribution in [3.63, 3.8) is 0 Å². The Morgan fingerprint density at radius 3 is 2.77 bits per heavy atom. The predicted molar refractivity (Wildman–Crippen MR) is 95.5 cm³/mol. The summed E-state index contributed by atoms with van der Waals surface area (Å²) in [5.74, 6) is 1.39. The highest BCUT2D eigenvalue weighted by Crippen LogP contribution is 2.20. The Balaban J connectivity index is 1.51. The van der Waals surface area contributed by atoms with Crippen molar-refractivity contribution < 1.29 is 4.79 Å². The quantitative estimate of drug-likeness (QED) is 0.734. The van der Waals surface area contributed by atoms with Gasteiger partial charge in [0.1, 0.15) is 0 Å². The van der Waals surface area contributed by atoms with Crippen molar-refractivity contribution in [3.8, 4) is 0 Å². The van der Waals surface area contributed by atoms with Gasteiger partial charge >= 0.3 is 0 Å². The number of piperidine rings is 1. The van der Waals surface area contributed by atoms with Gasteiger partial charge in [-0.1, -0.05) is 36.2 Å². The number of nitrogens with one attached hydrogen (secondary N) is 1. The molecule has 5 heteroatoms. The van der Waals surface area contributed by atoms with Crippen LogP contribution in [0, 0.1) is 0 Å². The fourth-order valence-corrected chi connectivity index (χ4v) is 3.78. The van der Waals surface area contributed by atoms with Crippen LogP contribution in [0.3, 0.4) is 0 Å². The largest absolute Gasteiger partial charge is 0.355 e. The van der Waals surface area contributed by atoms with Crippen LogP contribution in [0.1, 0.15) is 31.2 Å². The number of carbonyl (C=O) groups excluding carboxylic acids is 1. The van der Waals surface area contributed by atoms with E-state index in [2.05, 4.69) is 10.2 Å². The van der Waals surface area contributed by atoms with Crippen molar-refractivity contribution >= 4 is 29.3 Å². The van der Waals surface area contributed by atoms with Crippen molar-refractivity contribution in [1.29, 1.82) is 0 Å². The van der Waals surface area contributed by atoms with Gasteiger partial charge in [-0.25, -0.2) is 0 Å². The summed E-state index contributed by atoms with van der Waals surface area (Å²) in [4.78, 5) is 14.3. The van der Waals surface area contributed by atoms with E-state index in [-0.39, 0.29) is 5.91 Å². The first-order valence-corrected chi connectivity index (χ1v) is 9.59. The molecule has 122 valence electrons. The third kappa shape index (κ3) is 6.59. The lowest BCUT2D eigenvalue weighted by Crippen LogP contribution is -2.33. The molecule has 0 unspecified atom stereocenters. The summed E-state index contributed by atoms with van der Waals surface area (Å²) in [5, 5.41) is 3.78. The van der Waals surface area contributed by atoms with Gasteiger partial charge in [0, 0.05) is 17.3 Å². The number of rotatable bonds is 8. The van der Waals surface area contributed by atoms with Gasteiger partial charge in [0.25, 0.3) is 0 Å². The van der Waals surface area contributed by atoms with E-state index in [1.807, 2.05) is 24.3 Å². The lowest BCUT2D eigenvalue weighted by molar-refractivity contribution is -0.118. The van der Waals surface area contributed by atoms with Crippen LogP contribution in [-0.4, -0.2) is 42.7 Å². The first-order chi connectivity index (χ1) is 10.8. The number of hydrogen-bond acceptors (Lipinski definition) is 3. The molecule has 0 radical (unpaired) electrons. The third-order valence-corrected chi connectivity index (χ3v) is 5.22. The minimum atomic E-state index is 0.121. The van der Waals surface area contributed by atoms with Crippen LogP contribution in [-0.2, 0) is 10.5 Å². The zero-order valence-electron chi connectivity index (χ0n) is 13.0. The predicted octanol–water partition coefficient (Wildman–Crippen LogP) is 3.57. The normalized spacial score (nSPS) is 15.7.